The molecule has 0 atom stereocenters. The first-order chi connectivity index (χ1) is 9.88. The predicted molar refractivity (Wildman–Crippen MR) is 73.4 cm³/mol. The number of methoxy groups -OCH3 is 1. The number of nitrogens with two attached hydrogens (primary N) is 1. The molecule has 116 valence electrons. The summed E-state index contributed by atoms with van der Waals surface area (Å²) in [5, 5.41) is 11.1. The van der Waals surface area contributed by atoms with Crippen LogP contribution in [0, 0.1) is 0 Å². The van der Waals surface area contributed by atoms with Crippen LogP contribution in [0.3, 0.4) is 0 Å². The Morgan fingerprint density at radius 2 is 2.10 bits per heavy atom. The van der Waals surface area contributed by atoms with Crippen molar-refractivity contribution in [1.82, 2.24) is 4.72 Å². The molecular weight excluding hydrogens is 304 g/mol. The summed E-state index contributed by atoms with van der Waals surface area (Å²) in [6.45, 7) is -0.250. The van der Waals surface area contributed by atoms with Gasteiger partial charge in [0.15, 0.2) is 5.84 Å². The Morgan fingerprint density at radius 1 is 1.43 bits per heavy atom. The van der Waals surface area contributed by atoms with Gasteiger partial charge in [0.1, 0.15) is 12.4 Å². The Kier molecular flexibility index (Phi) is 5.60. The second-order valence-corrected chi connectivity index (χ2v) is 4.99. The molecule has 0 bridgehead atoms. The van der Waals surface area contributed by atoms with E-state index in [1.165, 1.54) is 12.1 Å². The summed E-state index contributed by atoms with van der Waals surface area (Å²) in [4.78, 5) is 10.9. The van der Waals surface area contributed by atoms with Gasteiger partial charge in [-0.1, -0.05) is 17.3 Å². The van der Waals surface area contributed by atoms with Crippen LogP contribution in [0.1, 0.15) is 0 Å². The highest BCUT2D eigenvalue weighted by atomic mass is 32.2. The van der Waals surface area contributed by atoms with Crippen molar-refractivity contribution in [1.29, 1.82) is 0 Å². The van der Waals surface area contributed by atoms with Crippen LogP contribution in [-0.4, -0.2) is 39.3 Å². The van der Waals surface area contributed by atoms with Crippen molar-refractivity contribution in [2.24, 2.45) is 10.9 Å². The maximum absolute atomic E-state index is 11.6. The van der Waals surface area contributed by atoms with Gasteiger partial charge >= 0.3 is 16.3 Å². The normalized spacial score (nSPS) is 11.6. The minimum absolute atomic E-state index is 0.0552. The number of hydrogen-bond donors (Lipinski definition) is 4. The molecule has 0 aliphatic rings. The highest BCUT2D eigenvalue weighted by Crippen LogP contribution is 2.24. The number of nitrogens with one attached hydrogen (secondary N) is 2. The number of carbonyl (C=O) groups excluding carboxylic acids is 1. The number of carbonyl (C=O) groups is 1. The lowest BCUT2D eigenvalue weighted by Crippen LogP contribution is -2.35. The summed E-state index contributed by atoms with van der Waals surface area (Å²) in [5.74, 6) is -0.0697. The van der Waals surface area contributed by atoms with Crippen LogP contribution in [0.25, 0.3) is 0 Å². The summed E-state index contributed by atoms with van der Waals surface area (Å²) < 4.78 is 36.4. The maximum Gasteiger partial charge on any atom is 0.422 e. The molecule has 1 rings (SSSR count). The van der Waals surface area contributed by atoms with E-state index in [1.807, 2.05) is 0 Å². The minimum Gasteiger partial charge on any atom is -0.483 e. The average Bonchev–Trinajstić information content (AvgIpc) is 2.44. The molecule has 0 aromatic heterocycles. The number of benzene rings is 1. The van der Waals surface area contributed by atoms with Gasteiger partial charge in [-0.25, -0.2) is 9.52 Å². The first kappa shape index (κ1) is 16.4. The molecule has 0 spiro atoms. The van der Waals surface area contributed by atoms with Gasteiger partial charge in [0.05, 0.1) is 12.8 Å². The fourth-order valence-corrected chi connectivity index (χ4v) is 1.99. The Bertz CT molecular complexity index is 630. The smallest absolute Gasteiger partial charge is 0.422 e. The van der Waals surface area contributed by atoms with Crippen LogP contribution in [0.15, 0.2) is 29.4 Å². The molecule has 0 unspecified atom stereocenters. The van der Waals surface area contributed by atoms with E-state index in [1.54, 1.807) is 16.9 Å². The number of hydrogen-bond acceptors (Lipinski definition) is 7. The van der Waals surface area contributed by atoms with Crippen LogP contribution in [0.5, 0.6) is 5.75 Å². The van der Waals surface area contributed by atoms with E-state index in [2.05, 4.69) is 14.6 Å². The van der Waals surface area contributed by atoms with Gasteiger partial charge in [-0.2, -0.15) is 8.42 Å². The SMILES string of the molecule is COC(=O)NS(=O)(=O)Nc1ccccc1OC/C(N)=N/O. The van der Waals surface area contributed by atoms with E-state index in [0.717, 1.165) is 7.11 Å². The van der Waals surface area contributed by atoms with Crippen molar-refractivity contribution < 1.29 is 27.9 Å². The standard InChI is InChI=1S/C10H14N4O6S/c1-19-10(15)14-21(17,18)13-7-4-2-3-5-8(7)20-6-9(11)12-16/h2-5,13,16H,6H2,1H3,(H2,11,12)(H,14,15). The van der Waals surface area contributed by atoms with Crippen molar-refractivity contribution in [3.63, 3.8) is 0 Å². The number of oxime groups is 1. The van der Waals surface area contributed by atoms with E-state index in [-0.39, 0.29) is 23.9 Å². The molecular formula is C10H14N4O6S. The Hall–Kier alpha value is -2.69. The van der Waals surface area contributed by atoms with Crippen LogP contribution in [0.4, 0.5) is 10.5 Å². The fraction of sp³-hybridized carbons (Fsp3) is 0.200. The van der Waals surface area contributed by atoms with Gasteiger partial charge in [0, 0.05) is 0 Å². The van der Waals surface area contributed by atoms with Gasteiger partial charge in [0.25, 0.3) is 0 Å². The third-order valence-electron chi connectivity index (χ3n) is 2.04. The van der Waals surface area contributed by atoms with Gasteiger partial charge in [-0.3, -0.25) is 4.72 Å². The van der Waals surface area contributed by atoms with E-state index < -0.39 is 16.3 Å². The zero-order chi connectivity index (χ0) is 15.9. The maximum atomic E-state index is 11.6. The van der Waals surface area contributed by atoms with E-state index in [4.69, 9.17) is 15.7 Å². The summed E-state index contributed by atoms with van der Waals surface area (Å²) in [6.07, 6.45) is -1.14. The number of ether oxygens (including phenoxy) is 2. The lowest BCUT2D eigenvalue weighted by molar-refractivity contribution is 0.177. The Labute approximate surface area is 120 Å². The first-order valence-corrected chi connectivity index (χ1v) is 6.93. The summed E-state index contributed by atoms with van der Waals surface area (Å²) in [7, 11) is -3.15. The van der Waals surface area contributed by atoms with Crippen molar-refractivity contribution in [3.05, 3.63) is 24.3 Å². The minimum atomic E-state index is -4.18. The lowest BCUT2D eigenvalue weighted by Gasteiger charge is -2.13. The Balaban J connectivity index is 2.86. The highest BCUT2D eigenvalue weighted by molar-refractivity contribution is 7.91. The van der Waals surface area contributed by atoms with Gasteiger partial charge in [0.2, 0.25) is 0 Å². The van der Waals surface area contributed by atoms with Crippen molar-refractivity contribution >= 4 is 27.8 Å². The topological polar surface area (TPSA) is 152 Å². The van der Waals surface area contributed by atoms with Gasteiger partial charge in [-0.15, -0.1) is 0 Å². The summed E-state index contributed by atoms with van der Waals surface area (Å²) in [6, 6.07) is 6.00. The molecule has 0 fully saturated rings. The highest BCUT2D eigenvalue weighted by Gasteiger charge is 2.16. The molecule has 5 N–H and O–H groups in total. The zero-order valence-electron chi connectivity index (χ0n) is 10.9. The zero-order valence-corrected chi connectivity index (χ0v) is 11.8. The second kappa shape index (κ2) is 7.19. The number of para-hydroxylation sites is 2. The molecule has 1 aromatic carbocycles. The number of nitrogens with zero attached hydrogens (tertiary/aromatic N) is 1. The van der Waals surface area contributed by atoms with Gasteiger partial charge < -0.3 is 20.4 Å². The third-order valence-corrected chi connectivity index (χ3v) is 2.96. The molecule has 11 heteroatoms. The second-order valence-electron chi connectivity index (χ2n) is 3.58. The number of amides is 1. The first-order valence-electron chi connectivity index (χ1n) is 5.44. The summed E-state index contributed by atoms with van der Waals surface area (Å²) in [5.41, 5.74) is 5.30. The molecule has 0 saturated carbocycles. The largest absolute Gasteiger partial charge is 0.483 e. The van der Waals surface area contributed by atoms with Gasteiger partial charge in [-0.05, 0) is 12.1 Å². The molecule has 0 saturated heterocycles. The van der Waals surface area contributed by atoms with E-state index in [9.17, 15) is 13.2 Å². The van der Waals surface area contributed by atoms with Crippen LogP contribution in [0.2, 0.25) is 0 Å². The quantitative estimate of drug-likeness (QED) is 0.246. The molecule has 0 radical (unpaired) electrons. The third kappa shape index (κ3) is 5.44. The molecule has 21 heavy (non-hydrogen) atoms. The number of rotatable bonds is 6. The van der Waals surface area contributed by atoms with Crippen LogP contribution in [-0.2, 0) is 14.9 Å². The Morgan fingerprint density at radius 3 is 2.71 bits per heavy atom. The lowest BCUT2D eigenvalue weighted by atomic mass is 10.3. The van der Waals surface area contributed by atoms with Crippen LogP contribution < -0.4 is 19.9 Å². The summed E-state index contributed by atoms with van der Waals surface area (Å²) >= 11 is 0. The molecule has 1 amide bonds. The van der Waals surface area contributed by atoms with Crippen molar-refractivity contribution in [2.45, 2.75) is 0 Å². The number of amidine groups is 1. The van der Waals surface area contributed by atoms with Crippen LogP contribution >= 0.6 is 0 Å². The monoisotopic (exact) mass is 318 g/mol. The molecule has 0 aliphatic heterocycles. The molecule has 10 nitrogen and oxygen atoms in total. The van der Waals surface area contributed by atoms with E-state index >= 15 is 0 Å². The molecule has 0 heterocycles. The van der Waals surface area contributed by atoms with Crippen molar-refractivity contribution in [3.8, 4) is 5.75 Å². The number of anilines is 1. The van der Waals surface area contributed by atoms with Crippen molar-refractivity contribution in [2.75, 3.05) is 18.4 Å². The average molecular weight is 318 g/mol. The fourth-order valence-electron chi connectivity index (χ4n) is 1.18. The predicted octanol–water partition coefficient (Wildman–Crippen LogP) is -0.176. The molecule has 0 aliphatic carbocycles. The van der Waals surface area contributed by atoms with E-state index in [0.29, 0.717) is 0 Å². The molecule has 1 aromatic rings.